The fraction of sp³-hybridized carbons (Fsp3) is 0.500. The fourth-order valence-electron chi connectivity index (χ4n) is 2.36. The molecule has 0 aliphatic heterocycles. The summed E-state index contributed by atoms with van der Waals surface area (Å²) in [7, 11) is 1.92. The molecule has 2 heterocycles. The van der Waals surface area contributed by atoms with Crippen molar-refractivity contribution in [3.05, 3.63) is 38.8 Å². The highest BCUT2D eigenvalue weighted by molar-refractivity contribution is 7.09. The van der Waals surface area contributed by atoms with Gasteiger partial charge >= 0.3 is 0 Å². The molecule has 0 radical (unpaired) electrons. The van der Waals surface area contributed by atoms with Gasteiger partial charge in [-0.05, 0) is 37.6 Å². The van der Waals surface area contributed by atoms with Crippen LogP contribution in [0.3, 0.4) is 0 Å². The third-order valence-electron chi connectivity index (χ3n) is 3.49. The number of aryl methyl sites for hydroxylation is 3. The average molecular weight is 313 g/mol. The van der Waals surface area contributed by atoms with Crippen molar-refractivity contribution in [3.8, 4) is 0 Å². The van der Waals surface area contributed by atoms with Gasteiger partial charge in [0.05, 0.1) is 16.4 Å². The van der Waals surface area contributed by atoms with Gasteiger partial charge < -0.3 is 0 Å². The maximum atomic E-state index is 6.28. The van der Waals surface area contributed by atoms with Gasteiger partial charge in [0.15, 0.2) is 0 Å². The van der Waals surface area contributed by atoms with Crippen LogP contribution in [-0.4, -0.2) is 15.8 Å². The summed E-state index contributed by atoms with van der Waals surface area (Å²) >= 11 is 8.09. The zero-order valence-electron chi connectivity index (χ0n) is 11.9. The van der Waals surface area contributed by atoms with Crippen LogP contribution in [0.4, 0.5) is 0 Å². The summed E-state index contributed by atoms with van der Waals surface area (Å²) in [6.07, 6.45) is 4.05. The quantitative estimate of drug-likeness (QED) is 0.610. The highest BCUT2D eigenvalue weighted by Gasteiger charge is 2.16. The molecule has 0 bridgehead atoms. The molecule has 0 aliphatic carbocycles. The first-order chi connectivity index (χ1) is 9.61. The highest BCUT2D eigenvalue weighted by atomic mass is 35.5. The number of aromatic nitrogens is 2. The van der Waals surface area contributed by atoms with E-state index in [0.29, 0.717) is 0 Å². The third-order valence-corrected chi connectivity index (χ3v) is 4.92. The summed E-state index contributed by atoms with van der Waals surface area (Å²) in [5.74, 6) is 5.67. The van der Waals surface area contributed by atoms with Crippen molar-refractivity contribution in [2.24, 2.45) is 12.9 Å². The fourth-order valence-corrected chi connectivity index (χ4v) is 3.35. The summed E-state index contributed by atoms with van der Waals surface area (Å²) < 4.78 is 1.85. The lowest BCUT2D eigenvalue weighted by Crippen LogP contribution is -2.37. The van der Waals surface area contributed by atoms with E-state index in [1.54, 1.807) is 0 Å². The molecular weight excluding hydrogens is 292 g/mol. The lowest BCUT2D eigenvalue weighted by molar-refractivity contribution is 0.465. The summed E-state index contributed by atoms with van der Waals surface area (Å²) in [6, 6.07) is 4.50. The van der Waals surface area contributed by atoms with Crippen molar-refractivity contribution >= 4 is 22.9 Å². The molecule has 4 nitrogen and oxygen atoms in total. The molecule has 20 heavy (non-hydrogen) atoms. The van der Waals surface area contributed by atoms with Gasteiger partial charge in [-0.1, -0.05) is 17.7 Å². The Labute approximate surface area is 128 Å². The van der Waals surface area contributed by atoms with Crippen molar-refractivity contribution in [2.75, 3.05) is 0 Å². The SMILES string of the molecule is Cc1nn(C)c(CC(CCCc2cccs2)NN)c1Cl. The second kappa shape index (κ2) is 7.22. The number of rotatable bonds is 7. The number of nitrogens with two attached hydrogens (primary N) is 1. The topological polar surface area (TPSA) is 55.9 Å². The van der Waals surface area contributed by atoms with Crippen LogP contribution in [0.25, 0.3) is 0 Å². The largest absolute Gasteiger partial charge is 0.271 e. The molecule has 0 aromatic carbocycles. The maximum Gasteiger partial charge on any atom is 0.0847 e. The summed E-state index contributed by atoms with van der Waals surface area (Å²) in [4.78, 5) is 1.43. The molecule has 2 aromatic heterocycles. The minimum atomic E-state index is 0.224. The predicted molar refractivity (Wildman–Crippen MR) is 85.0 cm³/mol. The Morgan fingerprint density at radius 1 is 1.55 bits per heavy atom. The first-order valence-electron chi connectivity index (χ1n) is 6.78. The van der Waals surface area contributed by atoms with Crippen LogP contribution in [0.15, 0.2) is 17.5 Å². The van der Waals surface area contributed by atoms with Crippen molar-refractivity contribution in [1.29, 1.82) is 0 Å². The zero-order chi connectivity index (χ0) is 14.5. The molecule has 0 saturated heterocycles. The normalized spacial score (nSPS) is 12.8. The van der Waals surface area contributed by atoms with Gasteiger partial charge in [-0.2, -0.15) is 5.10 Å². The van der Waals surface area contributed by atoms with Crippen molar-refractivity contribution in [2.45, 2.75) is 38.6 Å². The lowest BCUT2D eigenvalue weighted by Gasteiger charge is -2.16. The molecule has 1 unspecified atom stereocenters. The molecule has 6 heteroatoms. The molecule has 2 rings (SSSR count). The number of nitrogens with one attached hydrogen (secondary N) is 1. The minimum absolute atomic E-state index is 0.224. The molecule has 0 saturated carbocycles. The molecular formula is C14H21ClN4S. The van der Waals surface area contributed by atoms with Crippen LogP contribution in [0, 0.1) is 6.92 Å². The maximum absolute atomic E-state index is 6.28. The number of hydrogen-bond donors (Lipinski definition) is 2. The Hall–Kier alpha value is -0.880. The minimum Gasteiger partial charge on any atom is -0.271 e. The molecule has 0 amide bonds. The Morgan fingerprint density at radius 2 is 2.35 bits per heavy atom. The van der Waals surface area contributed by atoms with Gasteiger partial charge in [-0.15, -0.1) is 11.3 Å². The standard InChI is InChI=1S/C14H21ClN4S/c1-10-14(15)13(19(2)18-10)9-11(17-16)5-3-6-12-7-4-8-20-12/h4,7-8,11,17H,3,5-6,9,16H2,1-2H3. The van der Waals surface area contributed by atoms with E-state index in [4.69, 9.17) is 17.4 Å². The van der Waals surface area contributed by atoms with Gasteiger partial charge in [-0.3, -0.25) is 16.0 Å². The first-order valence-corrected chi connectivity index (χ1v) is 8.04. The van der Waals surface area contributed by atoms with Gasteiger partial charge in [0.1, 0.15) is 0 Å². The molecule has 1 atom stereocenters. The molecule has 0 aliphatic rings. The molecule has 110 valence electrons. The smallest absolute Gasteiger partial charge is 0.0847 e. The van der Waals surface area contributed by atoms with E-state index in [1.807, 2.05) is 30.0 Å². The van der Waals surface area contributed by atoms with Gasteiger partial charge in [-0.25, -0.2) is 0 Å². The molecule has 0 fully saturated rings. The van der Waals surface area contributed by atoms with Crippen molar-refractivity contribution in [3.63, 3.8) is 0 Å². The monoisotopic (exact) mass is 312 g/mol. The second-order valence-corrected chi connectivity index (χ2v) is 6.42. The number of hydrogen-bond acceptors (Lipinski definition) is 4. The first kappa shape index (κ1) is 15.5. The lowest BCUT2D eigenvalue weighted by atomic mass is 10.0. The Balaban J connectivity index is 1.88. The third kappa shape index (κ3) is 3.82. The van der Waals surface area contributed by atoms with Gasteiger partial charge in [0, 0.05) is 24.4 Å². The van der Waals surface area contributed by atoms with E-state index in [1.165, 1.54) is 4.88 Å². The highest BCUT2D eigenvalue weighted by Crippen LogP contribution is 2.22. The van der Waals surface area contributed by atoms with Gasteiger partial charge in [0.2, 0.25) is 0 Å². The van der Waals surface area contributed by atoms with Crippen molar-refractivity contribution in [1.82, 2.24) is 15.2 Å². The van der Waals surface area contributed by atoms with Gasteiger partial charge in [0.25, 0.3) is 0 Å². The summed E-state index contributed by atoms with van der Waals surface area (Å²) in [5, 5.41) is 7.21. The van der Waals surface area contributed by atoms with E-state index in [2.05, 4.69) is 28.0 Å². The number of hydrazine groups is 1. The van der Waals surface area contributed by atoms with Crippen LogP contribution < -0.4 is 11.3 Å². The Kier molecular flexibility index (Phi) is 5.60. The second-order valence-electron chi connectivity index (χ2n) is 5.01. The average Bonchev–Trinajstić information content (AvgIpc) is 3.01. The molecule has 2 aromatic rings. The van der Waals surface area contributed by atoms with Crippen LogP contribution in [-0.2, 0) is 19.9 Å². The summed E-state index contributed by atoms with van der Waals surface area (Å²) in [5.41, 5.74) is 4.82. The zero-order valence-corrected chi connectivity index (χ0v) is 13.5. The van der Waals surface area contributed by atoms with Crippen LogP contribution >= 0.6 is 22.9 Å². The Morgan fingerprint density at radius 3 is 2.90 bits per heavy atom. The number of thiophene rings is 1. The van der Waals surface area contributed by atoms with E-state index in [-0.39, 0.29) is 6.04 Å². The van der Waals surface area contributed by atoms with Crippen LogP contribution in [0.1, 0.15) is 29.1 Å². The van der Waals surface area contributed by atoms with Crippen LogP contribution in [0.2, 0.25) is 5.02 Å². The van der Waals surface area contributed by atoms with E-state index in [9.17, 15) is 0 Å². The van der Waals surface area contributed by atoms with E-state index < -0.39 is 0 Å². The molecule has 0 spiro atoms. The van der Waals surface area contributed by atoms with E-state index >= 15 is 0 Å². The van der Waals surface area contributed by atoms with E-state index in [0.717, 1.165) is 42.1 Å². The number of halogens is 1. The molecule has 3 N–H and O–H groups in total. The van der Waals surface area contributed by atoms with Crippen molar-refractivity contribution < 1.29 is 0 Å². The predicted octanol–water partition coefficient (Wildman–Crippen LogP) is 2.84. The number of nitrogens with zero attached hydrogens (tertiary/aromatic N) is 2. The summed E-state index contributed by atoms with van der Waals surface area (Å²) in [6.45, 7) is 1.92. The Bertz CT molecular complexity index is 536. The van der Waals surface area contributed by atoms with Crippen LogP contribution in [0.5, 0.6) is 0 Å².